The minimum absolute atomic E-state index is 0.0274. The average molecular weight is 571 g/mol. The number of allylic oxidation sites excluding steroid dienone is 1. The lowest BCUT2D eigenvalue weighted by molar-refractivity contribution is -0.143. The van der Waals surface area contributed by atoms with Gasteiger partial charge < -0.3 is 14.2 Å². The Kier molecular flexibility index (Phi) is 8.32. The minimum atomic E-state index is -0.741. The van der Waals surface area contributed by atoms with Crippen LogP contribution in [-0.2, 0) is 9.53 Å². The third-order valence-corrected chi connectivity index (χ3v) is 7.14. The zero-order valence-electron chi connectivity index (χ0n) is 21.1. The molecule has 0 fully saturated rings. The minimum Gasteiger partial charge on any atom is -0.493 e. The van der Waals surface area contributed by atoms with Crippen LogP contribution in [0, 0.1) is 12.3 Å². The molecule has 10 heteroatoms. The van der Waals surface area contributed by atoms with Crippen LogP contribution in [-0.4, -0.2) is 30.4 Å². The van der Waals surface area contributed by atoms with Crippen molar-refractivity contribution in [3.05, 3.63) is 88.5 Å². The summed E-state index contributed by atoms with van der Waals surface area (Å²) in [7, 11) is 1.48. The first-order valence-electron chi connectivity index (χ1n) is 11.6. The number of aromatic nitrogens is 1. The zero-order chi connectivity index (χ0) is 27.6. The second kappa shape index (κ2) is 11.5. The molecule has 0 amide bonds. The van der Waals surface area contributed by atoms with Gasteiger partial charge in [0.25, 0.3) is 5.56 Å². The molecule has 1 aliphatic rings. The Labute approximate surface area is 233 Å². The Bertz CT molecular complexity index is 1650. The summed E-state index contributed by atoms with van der Waals surface area (Å²) in [5, 5.41) is 0.820. The van der Waals surface area contributed by atoms with Crippen molar-refractivity contribution in [3.8, 4) is 23.8 Å². The Morgan fingerprint density at radius 1 is 1.26 bits per heavy atom. The Morgan fingerprint density at radius 3 is 2.61 bits per heavy atom. The van der Waals surface area contributed by atoms with Crippen LogP contribution in [0.2, 0.25) is 10.0 Å². The largest absolute Gasteiger partial charge is 0.493 e. The van der Waals surface area contributed by atoms with E-state index in [0.717, 1.165) is 0 Å². The third kappa shape index (κ3) is 5.51. The van der Waals surface area contributed by atoms with E-state index in [-0.39, 0.29) is 23.3 Å². The van der Waals surface area contributed by atoms with Crippen LogP contribution in [0.5, 0.6) is 11.5 Å². The predicted molar refractivity (Wildman–Crippen MR) is 149 cm³/mol. The van der Waals surface area contributed by atoms with Gasteiger partial charge in [0.2, 0.25) is 0 Å². The second-order valence-corrected chi connectivity index (χ2v) is 10.5. The predicted octanol–water partition coefficient (Wildman–Crippen LogP) is 4.51. The number of thiazole rings is 1. The molecule has 1 unspecified atom stereocenters. The van der Waals surface area contributed by atoms with Crippen molar-refractivity contribution in [1.82, 2.24) is 4.57 Å². The van der Waals surface area contributed by atoms with Gasteiger partial charge in [0.1, 0.15) is 6.61 Å². The fraction of sp³-hybridized carbons (Fsp3) is 0.250. The summed E-state index contributed by atoms with van der Waals surface area (Å²) in [4.78, 5) is 32.0. The lowest BCUT2D eigenvalue weighted by Crippen LogP contribution is -2.40. The van der Waals surface area contributed by atoms with E-state index >= 15 is 0 Å². The molecule has 0 radical (unpaired) electrons. The number of benzene rings is 2. The van der Waals surface area contributed by atoms with E-state index in [2.05, 4.69) is 10.9 Å². The molecule has 196 valence electrons. The van der Waals surface area contributed by atoms with Crippen LogP contribution < -0.4 is 24.4 Å². The molecule has 3 aromatic rings. The van der Waals surface area contributed by atoms with Crippen LogP contribution in [0.1, 0.15) is 37.9 Å². The molecule has 0 bridgehead atoms. The monoisotopic (exact) mass is 570 g/mol. The molecule has 0 N–H and O–H groups in total. The first kappa shape index (κ1) is 27.5. The average Bonchev–Trinajstić information content (AvgIpc) is 3.16. The van der Waals surface area contributed by atoms with E-state index in [1.807, 2.05) is 0 Å². The highest BCUT2D eigenvalue weighted by atomic mass is 35.5. The molecule has 2 heterocycles. The van der Waals surface area contributed by atoms with Crippen molar-refractivity contribution in [3.63, 3.8) is 0 Å². The zero-order valence-corrected chi connectivity index (χ0v) is 23.4. The highest BCUT2D eigenvalue weighted by molar-refractivity contribution is 7.07. The Balaban J connectivity index is 1.90. The summed E-state index contributed by atoms with van der Waals surface area (Å²) in [6, 6.07) is 9.60. The highest BCUT2D eigenvalue weighted by Crippen LogP contribution is 2.37. The summed E-state index contributed by atoms with van der Waals surface area (Å²) in [6.45, 7) is 5.29. The summed E-state index contributed by atoms with van der Waals surface area (Å²) < 4.78 is 18.3. The molecule has 38 heavy (non-hydrogen) atoms. The maximum atomic E-state index is 13.8. The van der Waals surface area contributed by atoms with Gasteiger partial charge in [0.05, 0.1) is 40.1 Å². The van der Waals surface area contributed by atoms with Gasteiger partial charge in [-0.1, -0.05) is 52.6 Å². The fourth-order valence-electron chi connectivity index (χ4n) is 4.05. The van der Waals surface area contributed by atoms with Gasteiger partial charge in [-0.25, -0.2) is 9.79 Å². The number of terminal acetylenes is 1. The van der Waals surface area contributed by atoms with Crippen molar-refractivity contribution in [2.24, 2.45) is 4.99 Å². The van der Waals surface area contributed by atoms with Gasteiger partial charge in [-0.05, 0) is 62.2 Å². The molecule has 7 nitrogen and oxygen atoms in total. The van der Waals surface area contributed by atoms with Gasteiger partial charge in [-0.3, -0.25) is 9.36 Å². The van der Waals surface area contributed by atoms with Crippen molar-refractivity contribution < 1.29 is 19.0 Å². The standard InChI is InChI=1S/C28H24Cl2N2O5S/c1-6-11-36-25-20(30)12-17(13-21(25)35-5)14-22-26(33)32-24(18-7-9-19(29)10-8-18)23(27(34)37-15(2)3)16(4)31-28(32)38-22/h1,7-10,12-15,24H,11H2,2-5H3. The van der Waals surface area contributed by atoms with Gasteiger partial charge in [0, 0.05) is 5.02 Å². The van der Waals surface area contributed by atoms with E-state index < -0.39 is 12.0 Å². The number of fused-ring (bicyclic) bond motifs is 1. The number of ether oxygens (including phenoxy) is 3. The van der Waals surface area contributed by atoms with Gasteiger partial charge in [-0.15, -0.1) is 6.42 Å². The van der Waals surface area contributed by atoms with Crippen LogP contribution >= 0.6 is 34.5 Å². The molecular formula is C28H24Cl2N2O5S. The number of hydrogen-bond donors (Lipinski definition) is 0. The summed E-state index contributed by atoms with van der Waals surface area (Å²) in [6.07, 6.45) is 6.63. The summed E-state index contributed by atoms with van der Waals surface area (Å²) in [5.74, 6) is 2.55. The Morgan fingerprint density at radius 2 is 1.97 bits per heavy atom. The van der Waals surface area contributed by atoms with Crippen molar-refractivity contribution in [2.75, 3.05) is 13.7 Å². The van der Waals surface area contributed by atoms with Crippen LogP contribution in [0.3, 0.4) is 0 Å². The smallest absolute Gasteiger partial charge is 0.338 e. The molecule has 4 rings (SSSR count). The van der Waals surface area contributed by atoms with Crippen molar-refractivity contribution in [1.29, 1.82) is 0 Å². The molecule has 1 aromatic heterocycles. The van der Waals surface area contributed by atoms with Gasteiger partial charge >= 0.3 is 5.97 Å². The quantitative estimate of drug-likeness (QED) is 0.308. The van der Waals surface area contributed by atoms with E-state index in [1.54, 1.807) is 63.2 Å². The van der Waals surface area contributed by atoms with Crippen molar-refractivity contribution >= 4 is 46.6 Å². The SMILES string of the molecule is C#CCOc1c(Cl)cc(C=c2sc3n(c2=O)C(c2ccc(Cl)cc2)C(C(=O)OC(C)C)=C(C)N=3)cc1OC. The number of nitrogens with zero attached hydrogens (tertiary/aromatic N) is 2. The van der Waals surface area contributed by atoms with E-state index in [9.17, 15) is 9.59 Å². The van der Waals surface area contributed by atoms with Crippen LogP contribution in [0.15, 0.2) is 57.5 Å². The third-order valence-electron chi connectivity index (χ3n) is 5.62. The van der Waals surface area contributed by atoms with E-state index in [4.69, 9.17) is 43.8 Å². The number of methoxy groups -OCH3 is 1. The summed E-state index contributed by atoms with van der Waals surface area (Å²) >= 11 is 13.7. The van der Waals surface area contributed by atoms with Gasteiger partial charge in [0.15, 0.2) is 16.3 Å². The lowest BCUT2D eigenvalue weighted by Gasteiger charge is -2.25. The topological polar surface area (TPSA) is 79.1 Å². The molecule has 0 saturated carbocycles. The van der Waals surface area contributed by atoms with Crippen molar-refractivity contribution in [2.45, 2.75) is 32.9 Å². The lowest BCUT2D eigenvalue weighted by atomic mass is 9.96. The highest BCUT2D eigenvalue weighted by Gasteiger charge is 2.33. The van der Waals surface area contributed by atoms with Crippen LogP contribution in [0.4, 0.5) is 0 Å². The Hall–Kier alpha value is -3.51. The van der Waals surface area contributed by atoms with E-state index in [0.29, 0.717) is 48.3 Å². The van der Waals surface area contributed by atoms with Gasteiger partial charge in [-0.2, -0.15) is 0 Å². The molecule has 0 spiro atoms. The molecule has 1 atom stereocenters. The molecule has 0 saturated heterocycles. The van der Waals surface area contributed by atoms with Crippen LogP contribution in [0.25, 0.3) is 6.08 Å². The van der Waals surface area contributed by atoms with E-state index in [1.165, 1.54) is 23.0 Å². The first-order valence-corrected chi connectivity index (χ1v) is 13.1. The maximum absolute atomic E-state index is 13.8. The number of halogens is 2. The molecule has 0 aliphatic carbocycles. The molecular weight excluding hydrogens is 547 g/mol. The number of esters is 1. The number of hydrogen-bond acceptors (Lipinski definition) is 7. The number of carbonyl (C=O) groups is 1. The maximum Gasteiger partial charge on any atom is 0.338 e. The summed E-state index contributed by atoms with van der Waals surface area (Å²) in [5.41, 5.74) is 1.76. The molecule has 1 aliphatic heterocycles. The normalized spacial score (nSPS) is 15.1. The fourth-order valence-corrected chi connectivity index (χ4v) is 5.50. The molecule has 2 aromatic carbocycles. The number of rotatable bonds is 7. The second-order valence-electron chi connectivity index (χ2n) is 8.61. The first-order chi connectivity index (χ1) is 18.1. The number of carbonyl (C=O) groups excluding carboxylic acids is 1.